The van der Waals surface area contributed by atoms with Gasteiger partial charge in [0.1, 0.15) is 4.90 Å². The van der Waals surface area contributed by atoms with E-state index in [0.717, 1.165) is 22.4 Å². The molecule has 2 heterocycles. The number of fused-ring (bicyclic) bond motifs is 1. The number of anilines is 1. The standard InChI is InChI=1S/C24H27N3O5S/c1-15-12-16(2)22(17(3)13-15)25-21(28)14-32-24(29)18-8-10-27(11-9-18)23-19-6-4-5-7-20(19)33(30,31)26-23/h4-7,12-13,18H,8-11,14H2,1-3H3,(H,25,28). The average molecular weight is 470 g/mol. The zero-order chi connectivity index (χ0) is 23.8. The van der Waals surface area contributed by atoms with Gasteiger partial charge in [0.05, 0.1) is 5.92 Å². The number of carbonyl (C=O) groups excluding carboxylic acids is 2. The van der Waals surface area contributed by atoms with E-state index in [1.807, 2.05) is 37.8 Å². The van der Waals surface area contributed by atoms with E-state index < -0.39 is 16.0 Å². The summed E-state index contributed by atoms with van der Waals surface area (Å²) in [6.45, 7) is 6.47. The smallest absolute Gasteiger partial charge is 0.309 e. The fraction of sp³-hybridized carbons (Fsp3) is 0.375. The number of piperidine rings is 1. The van der Waals surface area contributed by atoms with Crippen LogP contribution in [0, 0.1) is 26.7 Å². The van der Waals surface area contributed by atoms with Crippen molar-refractivity contribution in [3.63, 3.8) is 0 Å². The SMILES string of the molecule is Cc1cc(C)c(NC(=O)COC(=O)C2CCN(C3=NS(=O)(=O)c4ccccc43)CC2)c(C)c1. The van der Waals surface area contributed by atoms with Crippen molar-refractivity contribution in [1.29, 1.82) is 0 Å². The highest BCUT2D eigenvalue weighted by Gasteiger charge is 2.34. The predicted molar refractivity (Wildman–Crippen MR) is 125 cm³/mol. The summed E-state index contributed by atoms with van der Waals surface area (Å²) in [5.74, 6) is -0.701. The Morgan fingerprint density at radius 1 is 1.09 bits per heavy atom. The summed E-state index contributed by atoms with van der Waals surface area (Å²) in [7, 11) is -3.68. The molecular weight excluding hydrogens is 442 g/mol. The van der Waals surface area contributed by atoms with E-state index in [1.165, 1.54) is 0 Å². The van der Waals surface area contributed by atoms with Gasteiger partial charge < -0.3 is 15.0 Å². The molecule has 9 heteroatoms. The lowest BCUT2D eigenvalue weighted by atomic mass is 9.96. The second kappa shape index (κ2) is 8.97. The van der Waals surface area contributed by atoms with E-state index >= 15 is 0 Å². The number of ether oxygens (including phenoxy) is 1. The Bertz CT molecular complexity index is 1220. The van der Waals surface area contributed by atoms with Crippen LogP contribution < -0.4 is 5.32 Å². The Labute approximate surface area is 193 Å². The van der Waals surface area contributed by atoms with Crippen molar-refractivity contribution in [2.75, 3.05) is 25.0 Å². The number of hydrogen-bond donors (Lipinski definition) is 1. The lowest BCUT2D eigenvalue weighted by Gasteiger charge is -2.32. The van der Waals surface area contributed by atoms with E-state index in [4.69, 9.17) is 4.74 Å². The molecule has 0 radical (unpaired) electrons. The number of amides is 1. The molecule has 0 bridgehead atoms. The van der Waals surface area contributed by atoms with Crippen molar-refractivity contribution < 1.29 is 22.7 Å². The molecule has 1 saturated heterocycles. The molecule has 174 valence electrons. The lowest BCUT2D eigenvalue weighted by Crippen LogP contribution is -2.41. The zero-order valence-corrected chi connectivity index (χ0v) is 19.7. The number of aryl methyl sites for hydroxylation is 3. The summed E-state index contributed by atoms with van der Waals surface area (Å²) in [5.41, 5.74) is 4.36. The number of rotatable bonds is 4. The zero-order valence-electron chi connectivity index (χ0n) is 18.9. The highest BCUT2D eigenvalue weighted by atomic mass is 32.2. The molecule has 2 aromatic carbocycles. The van der Waals surface area contributed by atoms with Gasteiger partial charge in [-0.2, -0.15) is 8.42 Å². The summed E-state index contributed by atoms with van der Waals surface area (Å²) in [6.07, 6.45) is 0.996. The fourth-order valence-corrected chi connectivity index (χ4v) is 5.68. The minimum Gasteiger partial charge on any atom is -0.455 e. The molecule has 0 spiro atoms. The van der Waals surface area contributed by atoms with Gasteiger partial charge in [0.15, 0.2) is 12.4 Å². The number of carbonyl (C=O) groups is 2. The first kappa shape index (κ1) is 23.0. The van der Waals surface area contributed by atoms with E-state index in [9.17, 15) is 18.0 Å². The maximum atomic E-state index is 12.5. The lowest BCUT2D eigenvalue weighted by molar-refractivity contribution is -0.152. The van der Waals surface area contributed by atoms with Gasteiger partial charge in [-0.15, -0.1) is 4.40 Å². The van der Waals surface area contributed by atoms with Crippen LogP contribution in [0.15, 0.2) is 45.7 Å². The molecule has 2 aromatic rings. The van der Waals surface area contributed by atoms with Crippen LogP contribution in [0.1, 0.15) is 35.1 Å². The molecule has 1 fully saturated rings. The normalized spacial score (nSPS) is 17.3. The van der Waals surface area contributed by atoms with Gasteiger partial charge in [-0.25, -0.2) is 0 Å². The third-order valence-corrected chi connectivity index (χ3v) is 7.35. The third kappa shape index (κ3) is 4.78. The first-order chi connectivity index (χ1) is 15.7. The Morgan fingerprint density at radius 2 is 1.73 bits per heavy atom. The topological polar surface area (TPSA) is 105 Å². The van der Waals surface area contributed by atoms with Gasteiger partial charge in [-0.1, -0.05) is 29.8 Å². The highest BCUT2D eigenvalue weighted by Crippen LogP contribution is 2.30. The largest absolute Gasteiger partial charge is 0.455 e. The Kier molecular flexibility index (Phi) is 6.25. The number of likely N-dealkylation sites (tertiary alicyclic amines) is 1. The average Bonchev–Trinajstić information content (AvgIpc) is 3.06. The quantitative estimate of drug-likeness (QED) is 0.691. The maximum absolute atomic E-state index is 12.5. The van der Waals surface area contributed by atoms with Crippen molar-refractivity contribution in [2.24, 2.45) is 10.3 Å². The molecule has 0 aromatic heterocycles. The van der Waals surface area contributed by atoms with Crippen LogP contribution in [0.3, 0.4) is 0 Å². The van der Waals surface area contributed by atoms with Gasteiger partial charge in [-0.3, -0.25) is 9.59 Å². The number of nitrogens with one attached hydrogen (secondary N) is 1. The molecule has 8 nitrogen and oxygen atoms in total. The molecule has 1 amide bonds. The summed E-state index contributed by atoms with van der Waals surface area (Å²) >= 11 is 0. The third-order valence-electron chi connectivity index (χ3n) is 6.03. The van der Waals surface area contributed by atoms with E-state index in [2.05, 4.69) is 9.71 Å². The van der Waals surface area contributed by atoms with Gasteiger partial charge in [-0.05, 0) is 56.9 Å². The number of benzene rings is 2. The molecule has 0 aliphatic carbocycles. The van der Waals surface area contributed by atoms with E-state index in [1.54, 1.807) is 24.3 Å². The van der Waals surface area contributed by atoms with Crippen molar-refractivity contribution in [3.8, 4) is 0 Å². The molecule has 33 heavy (non-hydrogen) atoms. The molecule has 0 atom stereocenters. The van der Waals surface area contributed by atoms with E-state index in [-0.39, 0.29) is 23.3 Å². The fourth-order valence-electron chi connectivity index (χ4n) is 4.45. The van der Waals surface area contributed by atoms with Gasteiger partial charge in [0, 0.05) is 24.3 Å². The summed E-state index contributed by atoms with van der Waals surface area (Å²) in [4.78, 5) is 26.9. The van der Waals surface area contributed by atoms with Crippen LogP contribution >= 0.6 is 0 Å². The number of sulfonamides is 1. The molecule has 2 aliphatic rings. The number of esters is 1. The number of hydrogen-bond acceptors (Lipinski definition) is 6. The first-order valence-corrected chi connectivity index (χ1v) is 12.3. The molecule has 0 unspecified atom stereocenters. The van der Waals surface area contributed by atoms with Crippen molar-refractivity contribution >= 4 is 33.4 Å². The summed E-state index contributed by atoms with van der Waals surface area (Å²) in [6, 6.07) is 10.7. The summed E-state index contributed by atoms with van der Waals surface area (Å²) in [5, 5.41) is 2.83. The van der Waals surface area contributed by atoms with Crippen LogP contribution in [0.2, 0.25) is 0 Å². The van der Waals surface area contributed by atoms with Crippen LogP contribution in [0.5, 0.6) is 0 Å². The second-order valence-corrected chi connectivity index (χ2v) is 10.1. The van der Waals surface area contributed by atoms with Crippen molar-refractivity contribution in [3.05, 3.63) is 58.7 Å². The number of amidine groups is 1. The monoisotopic (exact) mass is 469 g/mol. The minimum atomic E-state index is -3.68. The first-order valence-electron chi connectivity index (χ1n) is 10.9. The Hall–Kier alpha value is -3.20. The number of nitrogens with zero attached hydrogens (tertiary/aromatic N) is 2. The molecule has 2 aliphatic heterocycles. The van der Waals surface area contributed by atoms with Gasteiger partial charge >= 0.3 is 5.97 Å². The molecule has 0 saturated carbocycles. The Balaban J connectivity index is 1.30. The second-order valence-electron chi connectivity index (χ2n) is 8.58. The van der Waals surface area contributed by atoms with Crippen LogP contribution in [-0.4, -0.2) is 50.7 Å². The van der Waals surface area contributed by atoms with Gasteiger partial charge in [0.2, 0.25) is 0 Å². The van der Waals surface area contributed by atoms with Crippen LogP contribution in [-0.2, 0) is 24.3 Å². The van der Waals surface area contributed by atoms with Gasteiger partial charge in [0.25, 0.3) is 15.9 Å². The maximum Gasteiger partial charge on any atom is 0.309 e. The predicted octanol–water partition coefficient (Wildman–Crippen LogP) is 2.95. The molecule has 1 N–H and O–H groups in total. The Morgan fingerprint density at radius 3 is 2.39 bits per heavy atom. The van der Waals surface area contributed by atoms with Crippen LogP contribution in [0.4, 0.5) is 5.69 Å². The van der Waals surface area contributed by atoms with E-state index in [0.29, 0.717) is 37.3 Å². The van der Waals surface area contributed by atoms with Crippen molar-refractivity contribution in [2.45, 2.75) is 38.5 Å². The molecule has 4 rings (SSSR count). The minimum absolute atomic E-state index is 0.214. The van der Waals surface area contributed by atoms with Crippen LogP contribution in [0.25, 0.3) is 0 Å². The van der Waals surface area contributed by atoms with Crippen molar-refractivity contribution in [1.82, 2.24) is 4.90 Å². The summed E-state index contributed by atoms with van der Waals surface area (Å²) < 4.78 is 33.8. The highest BCUT2D eigenvalue weighted by molar-refractivity contribution is 7.90. The molecular formula is C24H27N3O5S.